The highest BCUT2D eigenvalue weighted by Crippen LogP contribution is 2.02. The lowest BCUT2D eigenvalue weighted by atomic mass is 10.3. The van der Waals surface area contributed by atoms with Gasteiger partial charge in [-0.1, -0.05) is 0 Å². The van der Waals surface area contributed by atoms with Gasteiger partial charge < -0.3 is 5.73 Å². The van der Waals surface area contributed by atoms with E-state index in [-0.39, 0.29) is 5.56 Å². The van der Waals surface area contributed by atoms with Crippen LogP contribution < -0.4 is 11.3 Å². The number of pyridine rings is 2. The van der Waals surface area contributed by atoms with E-state index in [2.05, 4.69) is 10.1 Å². The van der Waals surface area contributed by atoms with E-state index in [4.69, 9.17) is 5.73 Å². The van der Waals surface area contributed by atoms with Crippen molar-refractivity contribution < 1.29 is 0 Å². The first-order valence-electron chi connectivity index (χ1n) is 5.10. The van der Waals surface area contributed by atoms with E-state index in [1.54, 1.807) is 36.8 Å². The molecule has 2 aromatic heterocycles. The van der Waals surface area contributed by atoms with Gasteiger partial charge in [0.25, 0.3) is 5.56 Å². The largest absolute Gasteiger partial charge is 0.384 e. The van der Waals surface area contributed by atoms with Crippen LogP contribution in [0.1, 0.15) is 11.1 Å². The molecule has 17 heavy (non-hydrogen) atoms. The van der Waals surface area contributed by atoms with Gasteiger partial charge in [-0.3, -0.25) is 9.78 Å². The Labute approximate surface area is 98.2 Å². The minimum absolute atomic E-state index is 0.243. The molecule has 5 nitrogen and oxygen atoms in total. The van der Waals surface area contributed by atoms with Crippen LogP contribution in [0.2, 0.25) is 0 Å². The molecule has 5 heteroatoms. The lowest BCUT2D eigenvalue weighted by Gasteiger charge is -2.03. The molecule has 0 aliphatic rings. The normalized spacial score (nSPS) is 10.9. The summed E-state index contributed by atoms with van der Waals surface area (Å²) in [4.78, 5) is 15.5. The Bertz CT molecular complexity index is 602. The summed E-state index contributed by atoms with van der Waals surface area (Å²) in [6.45, 7) is 1.81. The monoisotopic (exact) mass is 228 g/mol. The van der Waals surface area contributed by atoms with Crippen LogP contribution in [0, 0.1) is 6.92 Å². The van der Waals surface area contributed by atoms with Gasteiger partial charge in [0.15, 0.2) is 0 Å². The molecule has 0 aliphatic heterocycles. The van der Waals surface area contributed by atoms with Gasteiger partial charge in [-0.05, 0) is 36.2 Å². The molecule has 0 amide bonds. The van der Waals surface area contributed by atoms with Crippen molar-refractivity contribution in [3.63, 3.8) is 0 Å². The van der Waals surface area contributed by atoms with Crippen LogP contribution in [-0.4, -0.2) is 15.9 Å². The molecule has 0 unspecified atom stereocenters. The number of nitrogens with zero attached hydrogens (tertiary/aromatic N) is 3. The number of hydrogen-bond donors (Lipinski definition) is 1. The van der Waals surface area contributed by atoms with Crippen LogP contribution in [0.15, 0.2) is 46.6 Å². The summed E-state index contributed by atoms with van der Waals surface area (Å²) >= 11 is 0. The van der Waals surface area contributed by atoms with E-state index in [0.717, 1.165) is 15.8 Å². The number of aromatic nitrogens is 2. The highest BCUT2D eigenvalue weighted by molar-refractivity contribution is 5.79. The molecule has 0 saturated carbocycles. The zero-order valence-corrected chi connectivity index (χ0v) is 9.37. The smallest absolute Gasteiger partial charge is 0.273 e. The molecule has 0 aliphatic carbocycles. The van der Waals surface area contributed by atoms with E-state index in [1.807, 2.05) is 6.92 Å². The van der Waals surface area contributed by atoms with E-state index in [0.29, 0.717) is 5.82 Å². The molecule has 2 N–H and O–H groups in total. The van der Waals surface area contributed by atoms with E-state index in [9.17, 15) is 4.79 Å². The summed E-state index contributed by atoms with van der Waals surface area (Å²) in [7, 11) is 0. The first-order valence-corrected chi connectivity index (χ1v) is 5.10. The SMILES string of the molecule is Cc1cc(N)n(/N=C\c2ccncc2)c(=O)c1. The van der Waals surface area contributed by atoms with Gasteiger partial charge in [0, 0.05) is 18.5 Å². The van der Waals surface area contributed by atoms with Crippen molar-refractivity contribution in [3.05, 3.63) is 58.1 Å². The van der Waals surface area contributed by atoms with Crippen LogP contribution in [0.3, 0.4) is 0 Å². The number of anilines is 1. The molecule has 0 fully saturated rings. The van der Waals surface area contributed by atoms with Gasteiger partial charge in [-0.15, -0.1) is 0 Å². The Morgan fingerprint density at radius 3 is 2.71 bits per heavy atom. The topological polar surface area (TPSA) is 73.3 Å². The molecular weight excluding hydrogens is 216 g/mol. The highest BCUT2D eigenvalue weighted by Gasteiger charge is 1.99. The number of rotatable bonds is 2. The fourth-order valence-corrected chi connectivity index (χ4v) is 1.42. The molecule has 0 aromatic carbocycles. The third kappa shape index (κ3) is 2.57. The average molecular weight is 228 g/mol. The van der Waals surface area contributed by atoms with Crippen molar-refractivity contribution in [2.45, 2.75) is 6.92 Å². The van der Waals surface area contributed by atoms with Crippen LogP contribution in [-0.2, 0) is 0 Å². The highest BCUT2D eigenvalue weighted by atomic mass is 16.1. The second-order valence-corrected chi connectivity index (χ2v) is 3.63. The Balaban J connectivity index is 2.37. The number of nitrogen functional groups attached to an aromatic ring is 1. The van der Waals surface area contributed by atoms with Crippen LogP contribution in [0.4, 0.5) is 5.82 Å². The number of aryl methyl sites for hydroxylation is 1. The number of nitrogens with two attached hydrogens (primary N) is 1. The summed E-state index contributed by atoms with van der Waals surface area (Å²) < 4.78 is 1.16. The fourth-order valence-electron chi connectivity index (χ4n) is 1.42. The molecule has 86 valence electrons. The first-order chi connectivity index (χ1) is 8.16. The molecule has 0 saturated heterocycles. The molecule has 0 spiro atoms. The maximum atomic E-state index is 11.6. The number of hydrogen-bond acceptors (Lipinski definition) is 4. The van der Waals surface area contributed by atoms with Crippen LogP contribution in [0.5, 0.6) is 0 Å². The van der Waals surface area contributed by atoms with E-state index >= 15 is 0 Å². The summed E-state index contributed by atoms with van der Waals surface area (Å²) in [5.74, 6) is 0.320. The quantitative estimate of drug-likeness (QED) is 0.780. The maximum absolute atomic E-state index is 11.6. The van der Waals surface area contributed by atoms with Gasteiger partial charge >= 0.3 is 0 Å². The van der Waals surface area contributed by atoms with E-state index < -0.39 is 0 Å². The summed E-state index contributed by atoms with van der Waals surface area (Å²) in [6, 6.07) is 6.77. The summed E-state index contributed by atoms with van der Waals surface area (Å²) in [5.41, 5.74) is 7.16. The lowest BCUT2D eigenvalue weighted by molar-refractivity contribution is 0.843. The van der Waals surface area contributed by atoms with Gasteiger partial charge in [-0.25, -0.2) is 0 Å². The molecule has 0 bridgehead atoms. The zero-order valence-electron chi connectivity index (χ0n) is 9.37. The standard InChI is InChI=1S/C12H12N4O/c1-9-6-11(13)16(12(17)7-9)15-8-10-2-4-14-5-3-10/h2-8H,13H2,1H3/b15-8-. The van der Waals surface area contributed by atoms with Crippen molar-refractivity contribution in [2.24, 2.45) is 5.10 Å². The first kappa shape index (κ1) is 11.1. The van der Waals surface area contributed by atoms with Crippen molar-refractivity contribution >= 4 is 12.0 Å². The maximum Gasteiger partial charge on any atom is 0.273 e. The Kier molecular flexibility index (Phi) is 3.00. The fraction of sp³-hybridized carbons (Fsp3) is 0.0833. The van der Waals surface area contributed by atoms with Crippen LogP contribution in [0.25, 0.3) is 0 Å². The molecule has 0 radical (unpaired) electrons. The van der Waals surface area contributed by atoms with Gasteiger partial charge in [0.05, 0.1) is 6.21 Å². The third-order valence-corrected chi connectivity index (χ3v) is 2.21. The second kappa shape index (κ2) is 4.61. The Morgan fingerprint density at radius 2 is 2.06 bits per heavy atom. The predicted molar refractivity (Wildman–Crippen MR) is 67.1 cm³/mol. The minimum atomic E-state index is -0.243. The third-order valence-electron chi connectivity index (χ3n) is 2.21. The van der Waals surface area contributed by atoms with Crippen molar-refractivity contribution in [2.75, 3.05) is 5.73 Å². The van der Waals surface area contributed by atoms with Gasteiger partial charge in [-0.2, -0.15) is 9.78 Å². The van der Waals surface area contributed by atoms with Crippen molar-refractivity contribution in [1.29, 1.82) is 0 Å². The zero-order chi connectivity index (χ0) is 12.3. The van der Waals surface area contributed by atoms with E-state index in [1.165, 1.54) is 6.07 Å². The minimum Gasteiger partial charge on any atom is -0.384 e. The Hall–Kier alpha value is -2.43. The second-order valence-electron chi connectivity index (χ2n) is 3.63. The van der Waals surface area contributed by atoms with Crippen molar-refractivity contribution in [1.82, 2.24) is 9.66 Å². The predicted octanol–water partition coefficient (Wildman–Crippen LogP) is 1.02. The summed E-state index contributed by atoms with van der Waals surface area (Å²) in [5, 5.41) is 4.04. The molecular formula is C12H12N4O. The molecule has 2 rings (SSSR count). The molecule has 2 aromatic rings. The molecule has 2 heterocycles. The lowest BCUT2D eigenvalue weighted by Crippen LogP contribution is -2.19. The Morgan fingerprint density at radius 1 is 1.35 bits per heavy atom. The molecule has 0 atom stereocenters. The van der Waals surface area contributed by atoms with Crippen molar-refractivity contribution in [3.8, 4) is 0 Å². The average Bonchev–Trinajstić information content (AvgIpc) is 2.29. The van der Waals surface area contributed by atoms with Crippen LogP contribution >= 0.6 is 0 Å². The summed E-state index contributed by atoms with van der Waals surface area (Å²) in [6.07, 6.45) is 4.88. The van der Waals surface area contributed by atoms with Gasteiger partial charge in [0.2, 0.25) is 0 Å². The van der Waals surface area contributed by atoms with Gasteiger partial charge in [0.1, 0.15) is 5.82 Å².